The van der Waals surface area contributed by atoms with Crippen LogP contribution in [0.5, 0.6) is 0 Å². The van der Waals surface area contributed by atoms with Gasteiger partial charge in [-0.05, 0) is 55.5 Å². The van der Waals surface area contributed by atoms with Crippen molar-refractivity contribution < 1.29 is 32.4 Å². The summed E-state index contributed by atoms with van der Waals surface area (Å²) in [5, 5.41) is 16.6. The highest BCUT2D eigenvalue weighted by Crippen LogP contribution is 2.35. The number of hydrogen-bond donors (Lipinski definition) is 2. The van der Waals surface area contributed by atoms with Gasteiger partial charge in [-0.1, -0.05) is 22.9 Å². The molecule has 0 spiro atoms. The van der Waals surface area contributed by atoms with E-state index >= 15 is 0 Å². The fourth-order valence-corrected chi connectivity index (χ4v) is 5.06. The van der Waals surface area contributed by atoms with Crippen LogP contribution in [0.4, 0.5) is 29.9 Å². The minimum absolute atomic E-state index is 0.0114. The van der Waals surface area contributed by atoms with Crippen LogP contribution in [0.3, 0.4) is 0 Å². The molecular formula is C27H22ClF3N6O5S. The van der Waals surface area contributed by atoms with Gasteiger partial charge >= 0.3 is 12.1 Å². The fraction of sp³-hybridized carbons (Fsp3) is 0.185. The number of alkyl halides is 3. The van der Waals surface area contributed by atoms with E-state index in [2.05, 4.69) is 25.3 Å². The Bertz CT molecular complexity index is 1860. The number of anilines is 2. The molecular weight excluding hydrogens is 613 g/mol. The summed E-state index contributed by atoms with van der Waals surface area (Å²) in [5.74, 6) is -0.337. The number of ether oxygens (including phenoxy) is 1. The molecule has 5 aromatic rings. The first kappa shape index (κ1) is 31.2. The lowest BCUT2D eigenvalue weighted by atomic mass is 10.2. The summed E-state index contributed by atoms with van der Waals surface area (Å²) < 4.78 is 45.5. The lowest BCUT2D eigenvalue weighted by Gasteiger charge is -2.06. The second-order valence-corrected chi connectivity index (χ2v) is 10.1. The molecule has 11 nitrogen and oxygen atoms in total. The molecule has 2 heterocycles. The van der Waals surface area contributed by atoms with Gasteiger partial charge < -0.3 is 19.9 Å². The molecule has 0 radical (unpaired) electrons. The third kappa shape index (κ3) is 6.84. The smallest absolute Gasteiger partial charge is 0.416 e. The van der Waals surface area contributed by atoms with E-state index in [0.29, 0.717) is 38.9 Å². The summed E-state index contributed by atoms with van der Waals surface area (Å²) in [4.78, 5) is 41.6. The average Bonchev–Trinajstić information content (AvgIpc) is 3.55. The zero-order chi connectivity index (χ0) is 31.5. The third-order valence-electron chi connectivity index (χ3n) is 6.05. The number of esters is 1. The van der Waals surface area contributed by atoms with Crippen molar-refractivity contribution in [2.24, 2.45) is 0 Å². The zero-order valence-electron chi connectivity index (χ0n) is 22.7. The van der Waals surface area contributed by atoms with E-state index in [4.69, 9.17) is 11.6 Å². The summed E-state index contributed by atoms with van der Waals surface area (Å²) in [6.45, 7) is 2.56. The summed E-state index contributed by atoms with van der Waals surface area (Å²) in [6.07, 6.45) is -4.40. The normalized spacial score (nSPS) is 11.1. The number of nitro benzene ring substituents is 1. The van der Waals surface area contributed by atoms with Gasteiger partial charge in [0.1, 0.15) is 5.02 Å². The van der Waals surface area contributed by atoms with Crippen LogP contribution in [0.1, 0.15) is 33.2 Å². The lowest BCUT2D eigenvalue weighted by molar-refractivity contribution is -0.384. The minimum atomic E-state index is -4.40. The summed E-state index contributed by atoms with van der Waals surface area (Å²) >= 11 is 6.67. The maximum atomic E-state index is 12.9. The maximum absolute atomic E-state index is 12.9. The molecule has 0 saturated carbocycles. The van der Waals surface area contributed by atoms with Crippen molar-refractivity contribution in [3.8, 4) is 0 Å². The highest BCUT2D eigenvalue weighted by atomic mass is 35.5. The van der Waals surface area contributed by atoms with Crippen molar-refractivity contribution in [3.63, 3.8) is 0 Å². The number of hydrogen-bond acceptors (Lipinski definition) is 9. The van der Waals surface area contributed by atoms with Gasteiger partial charge in [0.25, 0.3) is 11.6 Å². The Balaban J connectivity index is 0.000000255. The number of rotatable bonds is 6. The molecule has 0 aliphatic carbocycles. The van der Waals surface area contributed by atoms with Crippen molar-refractivity contribution in [1.29, 1.82) is 0 Å². The number of fused-ring (bicyclic) bond motifs is 2. The van der Waals surface area contributed by atoms with Gasteiger partial charge in [0.05, 0.1) is 44.4 Å². The van der Waals surface area contributed by atoms with Crippen LogP contribution in [-0.2, 0) is 17.5 Å². The van der Waals surface area contributed by atoms with Gasteiger partial charge in [-0.15, -0.1) is 0 Å². The van der Waals surface area contributed by atoms with Crippen LogP contribution in [0, 0.1) is 10.1 Å². The number of carbonyl (C=O) groups is 2. The molecule has 0 fully saturated rings. The lowest BCUT2D eigenvalue weighted by Crippen LogP contribution is -2.17. The molecule has 0 unspecified atom stereocenters. The molecule has 0 saturated heterocycles. The fourth-order valence-electron chi connectivity index (χ4n) is 3.98. The number of imidazole rings is 1. The van der Waals surface area contributed by atoms with Gasteiger partial charge in [-0.2, -0.15) is 13.2 Å². The van der Waals surface area contributed by atoms with E-state index in [0.717, 1.165) is 35.1 Å². The van der Waals surface area contributed by atoms with Gasteiger partial charge in [0.15, 0.2) is 5.13 Å². The van der Waals surface area contributed by atoms with E-state index in [1.54, 1.807) is 19.2 Å². The first-order chi connectivity index (χ1) is 20.4. The monoisotopic (exact) mass is 634 g/mol. The number of nitrogens with zero attached hydrogens (tertiary/aromatic N) is 4. The molecule has 224 valence electrons. The molecule has 2 N–H and O–H groups in total. The van der Waals surface area contributed by atoms with Gasteiger partial charge in [0.2, 0.25) is 5.95 Å². The maximum Gasteiger partial charge on any atom is 0.416 e. The quantitative estimate of drug-likeness (QED) is 0.118. The number of aromatic nitrogens is 3. The van der Waals surface area contributed by atoms with Crippen LogP contribution < -0.4 is 10.6 Å². The highest BCUT2D eigenvalue weighted by molar-refractivity contribution is 7.22. The van der Waals surface area contributed by atoms with Crippen molar-refractivity contribution in [2.75, 3.05) is 19.5 Å². The molecule has 3 aromatic carbocycles. The molecule has 43 heavy (non-hydrogen) atoms. The Morgan fingerprint density at radius 3 is 2.42 bits per heavy atom. The molecule has 0 aliphatic heterocycles. The standard InChI is InChI=1S/C19H16F3N5OS.C8H6ClNO4/c1-3-27-14-7-4-10(16(28)23-2)8-13(14)24-17(27)26-18-25-12-6-5-11(19(20,21)22)9-15(12)29-18;1-14-8(11)5-2-3-6(9)7(4-5)10(12)13/h4-9H,3H2,1-2H3,(H,23,28)(H,24,25,26);2-4H,1H3. The topological polar surface area (TPSA) is 141 Å². The van der Waals surface area contributed by atoms with Gasteiger partial charge in [0, 0.05) is 25.2 Å². The number of nitrogens with one attached hydrogen (secondary N) is 2. The van der Waals surface area contributed by atoms with Gasteiger partial charge in [-0.3, -0.25) is 14.9 Å². The van der Waals surface area contributed by atoms with Crippen molar-refractivity contribution in [2.45, 2.75) is 19.6 Å². The first-order valence-electron chi connectivity index (χ1n) is 12.4. The molecule has 16 heteroatoms. The van der Waals surface area contributed by atoms with Crippen molar-refractivity contribution >= 4 is 72.8 Å². The largest absolute Gasteiger partial charge is 0.465 e. The SMILES string of the molecule is CCn1c(Nc2nc3ccc(C(F)(F)F)cc3s2)nc2cc(C(=O)NC)ccc21.COC(=O)c1ccc(Cl)c([N+](=O)[O-])c1. The highest BCUT2D eigenvalue weighted by Gasteiger charge is 2.30. The summed E-state index contributed by atoms with van der Waals surface area (Å²) in [7, 11) is 2.75. The van der Waals surface area contributed by atoms with Crippen molar-refractivity contribution in [3.05, 3.63) is 86.4 Å². The Hall–Kier alpha value is -4.76. The Morgan fingerprint density at radius 1 is 1.07 bits per heavy atom. The minimum Gasteiger partial charge on any atom is -0.465 e. The predicted octanol–water partition coefficient (Wildman–Crippen LogP) is 6.82. The predicted molar refractivity (Wildman–Crippen MR) is 156 cm³/mol. The van der Waals surface area contributed by atoms with Crippen molar-refractivity contribution in [1.82, 2.24) is 19.9 Å². The zero-order valence-corrected chi connectivity index (χ0v) is 24.2. The molecule has 1 amide bonds. The molecule has 0 bridgehead atoms. The number of thiazole rings is 1. The Labute approximate surface area is 250 Å². The van der Waals surface area contributed by atoms with E-state index in [1.807, 2.05) is 17.6 Å². The van der Waals surface area contributed by atoms with Crippen LogP contribution in [0.25, 0.3) is 21.3 Å². The van der Waals surface area contributed by atoms with E-state index in [1.165, 1.54) is 25.3 Å². The van der Waals surface area contributed by atoms with E-state index in [-0.39, 0.29) is 22.2 Å². The summed E-state index contributed by atoms with van der Waals surface area (Å²) in [5.41, 5.74) is 1.53. The van der Waals surface area contributed by atoms with Crippen LogP contribution in [0.2, 0.25) is 5.02 Å². The number of nitro groups is 1. The molecule has 0 aliphatic rings. The molecule has 2 aromatic heterocycles. The van der Waals surface area contributed by atoms with Crippen LogP contribution >= 0.6 is 22.9 Å². The number of carbonyl (C=O) groups excluding carboxylic acids is 2. The first-order valence-corrected chi connectivity index (χ1v) is 13.5. The van der Waals surface area contributed by atoms with E-state index < -0.39 is 22.6 Å². The molecule has 0 atom stereocenters. The van der Waals surface area contributed by atoms with E-state index in [9.17, 15) is 32.9 Å². The average molecular weight is 635 g/mol. The number of amides is 1. The molecule has 5 rings (SSSR count). The number of benzene rings is 3. The van der Waals surface area contributed by atoms with Crippen LogP contribution in [-0.4, -0.2) is 45.5 Å². The number of aryl methyl sites for hydroxylation is 1. The number of methoxy groups -OCH3 is 1. The second-order valence-electron chi connectivity index (χ2n) is 8.70. The Morgan fingerprint density at radius 2 is 1.79 bits per heavy atom. The van der Waals surface area contributed by atoms with Crippen LogP contribution in [0.15, 0.2) is 54.6 Å². The third-order valence-corrected chi connectivity index (χ3v) is 7.31. The Kier molecular flexibility index (Phi) is 9.16. The second kappa shape index (κ2) is 12.6. The summed E-state index contributed by atoms with van der Waals surface area (Å²) in [6, 6.07) is 12.4. The van der Waals surface area contributed by atoms with Gasteiger partial charge in [-0.25, -0.2) is 14.8 Å². The number of halogens is 4.